The first-order valence-corrected chi connectivity index (χ1v) is 9.28. The first kappa shape index (κ1) is 21.5. The average Bonchev–Trinajstić information content (AvgIpc) is 3.01. The van der Waals surface area contributed by atoms with Gasteiger partial charge in [0.2, 0.25) is 0 Å². The Kier molecular flexibility index (Phi) is 7.94. The lowest BCUT2D eigenvalue weighted by atomic mass is 10.00. The molecule has 1 unspecified atom stereocenters. The molecule has 1 aliphatic rings. The average molecular weight is 483 g/mol. The number of benzene rings is 1. The zero-order valence-corrected chi connectivity index (χ0v) is 18.9. The standard InChI is InChI=1S/C20H29N5O.HI/c1-15(19-16(2)23-26-17(19)3)14-22-20(21-4)25-12-10-24(11-13-25)18-8-6-5-7-9-18;/h5-9,15H,10-14H2,1-4H3,(H,21,22);1H. The zero-order valence-electron chi connectivity index (χ0n) is 16.6. The van der Waals surface area contributed by atoms with Crippen molar-refractivity contribution in [1.82, 2.24) is 15.4 Å². The molecule has 0 radical (unpaired) electrons. The Hall–Kier alpha value is -1.77. The Balaban J connectivity index is 0.00000261. The van der Waals surface area contributed by atoms with Gasteiger partial charge in [0.1, 0.15) is 5.76 Å². The highest BCUT2D eigenvalue weighted by Crippen LogP contribution is 2.22. The van der Waals surface area contributed by atoms with E-state index in [1.54, 1.807) is 0 Å². The third kappa shape index (κ3) is 5.15. The number of guanidine groups is 1. The van der Waals surface area contributed by atoms with Gasteiger partial charge in [-0.2, -0.15) is 0 Å². The van der Waals surface area contributed by atoms with E-state index in [1.807, 2.05) is 20.9 Å². The number of hydrogen-bond acceptors (Lipinski definition) is 4. The molecule has 0 saturated carbocycles. The topological polar surface area (TPSA) is 56.9 Å². The monoisotopic (exact) mass is 483 g/mol. The minimum absolute atomic E-state index is 0. The van der Waals surface area contributed by atoms with Crippen molar-refractivity contribution in [3.05, 3.63) is 47.3 Å². The molecular formula is C20H30IN5O. The summed E-state index contributed by atoms with van der Waals surface area (Å²) in [6.45, 7) is 10.9. The molecule has 1 aliphatic heterocycles. The molecule has 1 fully saturated rings. The number of aryl methyl sites for hydroxylation is 2. The molecule has 0 aliphatic carbocycles. The van der Waals surface area contributed by atoms with Crippen molar-refractivity contribution in [1.29, 1.82) is 0 Å². The van der Waals surface area contributed by atoms with E-state index < -0.39 is 0 Å². The Morgan fingerprint density at radius 1 is 1.19 bits per heavy atom. The van der Waals surface area contributed by atoms with Crippen LogP contribution in [-0.4, -0.2) is 55.8 Å². The number of piperazine rings is 1. The summed E-state index contributed by atoms with van der Waals surface area (Å²) in [5.41, 5.74) is 3.47. The van der Waals surface area contributed by atoms with Crippen LogP contribution in [0.1, 0.15) is 29.9 Å². The number of aliphatic imine (C=N–C) groups is 1. The molecule has 6 nitrogen and oxygen atoms in total. The second-order valence-corrected chi connectivity index (χ2v) is 6.88. The highest BCUT2D eigenvalue weighted by atomic mass is 127. The molecule has 2 aromatic rings. The number of nitrogens with one attached hydrogen (secondary N) is 1. The van der Waals surface area contributed by atoms with Crippen LogP contribution < -0.4 is 10.2 Å². The number of nitrogens with zero attached hydrogens (tertiary/aromatic N) is 4. The molecule has 7 heteroatoms. The smallest absolute Gasteiger partial charge is 0.193 e. The molecule has 1 aromatic carbocycles. The third-order valence-corrected chi connectivity index (χ3v) is 5.06. The van der Waals surface area contributed by atoms with E-state index in [9.17, 15) is 0 Å². The van der Waals surface area contributed by atoms with Gasteiger partial charge in [-0.3, -0.25) is 4.99 Å². The van der Waals surface area contributed by atoms with E-state index in [2.05, 4.69) is 62.5 Å². The third-order valence-electron chi connectivity index (χ3n) is 5.06. The second kappa shape index (κ2) is 9.96. The fourth-order valence-corrected chi connectivity index (χ4v) is 3.69. The summed E-state index contributed by atoms with van der Waals surface area (Å²) in [7, 11) is 1.85. The molecule has 3 rings (SSSR count). The first-order valence-electron chi connectivity index (χ1n) is 9.28. The van der Waals surface area contributed by atoms with Gasteiger partial charge in [0, 0.05) is 56.9 Å². The number of anilines is 1. The highest BCUT2D eigenvalue weighted by Gasteiger charge is 2.21. The lowest BCUT2D eigenvalue weighted by Gasteiger charge is -2.38. The van der Waals surface area contributed by atoms with Crippen molar-refractivity contribution in [3.8, 4) is 0 Å². The Bertz CT molecular complexity index is 719. The molecule has 1 atom stereocenters. The minimum atomic E-state index is 0. The first-order chi connectivity index (χ1) is 12.6. The van der Waals surface area contributed by atoms with Crippen LogP contribution in [0.25, 0.3) is 0 Å². The predicted molar refractivity (Wildman–Crippen MR) is 121 cm³/mol. The molecule has 1 saturated heterocycles. The van der Waals surface area contributed by atoms with Gasteiger partial charge >= 0.3 is 0 Å². The lowest BCUT2D eigenvalue weighted by Crippen LogP contribution is -2.53. The summed E-state index contributed by atoms with van der Waals surface area (Å²) in [6, 6.07) is 10.6. The number of rotatable bonds is 4. The van der Waals surface area contributed by atoms with Crippen molar-refractivity contribution in [3.63, 3.8) is 0 Å². The van der Waals surface area contributed by atoms with Crippen molar-refractivity contribution in [2.24, 2.45) is 4.99 Å². The van der Waals surface area contributed by atoms with Gasteiger partial charge in [-0.05, 0) is 26.0 Å². The summed E-state index contributed by atoms with van der Waals surface area (Å²) >= 11 is 0. The van der Waals surface area contributed by atoms with Crippen LogP contribution in [0.15, 0.2) is 39.8 Å². The summed E-state index contributed by atoms with van der Waals surface area (Å²) in [5.74, 6) is 2.20. The maximum Gasteiger partial charge on any atom is 0.193 e. The van der Waals surface area contributed by atoms with Crippen LogP contribution >= 0.6 is 24.0 Å². The van der Waals surface area contributed by atoms with Gasteiger partial charge in [0.15, 0.2) is 5.96 Å². The molecule has 0 spiro atoms. The van der Waals surface area contributed by atoms with Crippen molar-refractivity contribution < 1.29 is 4.52 Å². The van der Waals surface area contributed by atoms with Gasteiger partial charge in [-0.1, -0.05) is 30.3 Å². The molecule has 2 heterocycles. The van der Waals surface area contributed by atoms with E-state index in [4.69, 9.17) is 4.52 Å². The number of aromatic nitrogens is 1. The molecule has 0 bridgehead atoms. The van der Waals surface area contributed by atoms with E-state index in [1.165, 1.54) is 11.3 Å². The van der Waals surface area contributed by atoms with Gasteiger partial charge in [0.05, 0.1) is 5.69 Å². The zero-order chi connectivity index (χ0) is 18.5. The fraction of sp³-hybridized carbons (Fsp3) is 0.500. The molecule has 0 amide bonds. The second-order valence-electron chi connectivity index (χ2n) is 6.88. The van der Waals surface area contributed by atoms with Crippen LogP contribution in [0.2, 0.25) is 0 Å². The van der Waals surface area contributed by atoms with Crippen LogP contribution in [0.4, 0.5) is 5.69 Å². The van der Waals surface area contributed by atoms with Crippen LogP contribution in [0.5, 0.6) is 0 Å². The highest BCUT2D eigenvalue weighted by molar-refractivity contribution is 14.0. The van der Waals surface area contributed by atoms with Crippen LogP contribution in [-0.2, 0) is 0 Å². The quantitative estimate of drug-likeness (QED) is 0.411. The Labute approximate surface area is 179 Å². The molecule has 148 valence electrons. The van der Waals surface area contributed by atoms with Crippen molar-refractivity contribution in [2.45, 2.75) is 26.7 Å². The van der Waals surface area contributed by atoms with Crippen LogP contribution in [0.3, 0.4) is 0 Å². The Morgan fingerprint density at radius 2 is 1.85 bits per heavy atom. The summed E-state index contributed by atoms with van der Waals surface area (Å²) in [4.78, 5) is 9.24. The largest absolute Gasteiger partial charge is 0.368 e. The summed E-state index contributed by atoms with van der Waals surface area (Å²) in [5, 5.41) is 7.59. The molecular weight excluding hydrogens is 453 g/mol. The van der Waals surface area contributed by atoms with Gasteiger partial charge in [-0.25, -0.2) is 0 Å². The maximum absolute atomic E-state index is 5.30. The maximum atomic E-state index is 5.30. The molecule has 1 aromatic heterocycles. The number of halogens is 1. The number of hydrogen-bond donors (Lipinski definition) is 1. The van der Waals surface area contributed by atoms with Crippen LogP contribution in [0, 0.1) is 13.8 Å². The fourth-order valence-electron chi connectivity index (χ4n) is 3.69. The van der Waals surface area contributed by atoms with Gasteiger partial charge in [0.25, 0.3) is 0 Å². The SMILES string of the molecule is CN=C(NCC(C)c1c(C)noc1C)N1CCN(c2ccccc2)CC1.I. The van der Waals surface area contributed by atoms with E-state index in [0.29, 0.717) is 5.92 Å². The van der Waals surface area contributed by atoms with Gasteiger partial charge < -0.3 is 19.6 Å². The molecule has 27 heavy (non-hydrogen) atoms. The van der Waals surface area contributed by atoms with E-state index in [-0.39, 0.29) is 24.0 Å². The van der Waals surface area contributed by atoms with Crippen molar-refractivity contribution >= 4 is 35.6 Å². The predicted octanol–water partition coefficient (Wildman–Crippen LogP) is 3.41. The lowest BCUT2D eigenvalue weighted by molar-refractivity contribution is 0.371. The van der Waals surface area contributed by atoms with E-state index >= 15 is 0 Å². The van der Waals surface area contributed by atoms with Crippen molar-refractivity contribution in [2.75, 3.05) is 44.7 Å². The minimum Gasteiger partial charge on any atom is -0.368 e. The summed E-state index contributed by atoms with van der Waals surface area (Å²) in [6.07, 6.45) is 0. The Morgan fingerprint density at radius 3 is 2.41 bits per heavy atom. The van der Waals surface area contributed by atoms with Gasteiger partial charge in [-0.15, -0.1) is 24.0 Å². The molecule has 1 N–H and O–H groups in total. The normalized spacial score (nSPS) is 16.1. The summed E-state index contributed by atoms with van der Waals surface area (Å²) < 4.78 is 5.30. The number of para-hydroxylation sites is 1. The van der Waals surface area contributed by atoms with E-state index in [0.717, 1.165) is 50.1 Å².